The molecule has 0 spiro atoms. The van der Waals surface area contributed by atoms with Gasteiger partial charge in [-0.3, -0.25) is 9.69 Å². The molecule has 3 rings (SSSR count). The highest BCUT2D eigenvalue weighted by Gasteiger charge is 2.31. The monoisotopic (exact) mass is 327 g/mol. The summed E-state index contributed by atoms with van der Waals surface area (Å²) in [7, 11) is 1.67. The van der Waals surface area contributed by atoms with E-state index in [0.717, 1.165) is 30.8 Å². The van der Waals surface area contributed by atoms with Crippen molar-refractivity contribution in [3.05, 3.63) is 42.1 Å². The number of carbonyl (C=O) groups excluding carboxylic acids is 1. The van der Waals surface area contributed by atoms with Crippen LogP contribution in [0.1, 0.15) is 44.7 Å². The number of rotatable bonds is 5. The van der Waals surface area contributed by atoms with Gasteiger partial charge in [-0.2, -0.15) is 5.10 Å². The average Bonchev–Trinajstić information content (AvgIpc) is 3.05. The molecule has 0 bridgehead atoms. The highest BCUT2D eigenvalue weighted by atomic mass is 16.5. The standard InChI is InChI=1S/C19H25N3O2/c1-14-13-15(2)22-18(11-12-20-22)21(14)19(23)6-4-5-16-7-9-17(24-3)10-8-16/h7-12,14-15H,4-6,13H2,1-3H3/t14-,15-/m0/s1. The predicted molar refractivity (Wildman–Crippen MR) is 94.4 cm³/mol. The Morgan fingerprint density at radius 3 is 2.67 bits per heavy atom. The molecule has 0 aliphatic carbocycles. The van der Waals surface area contributed by atoms with Crippen LogP contribution in [0, 0.1) is 0 Å². The lowest BCUT2D eigenvalue weighted by atomic mass is 10.0. The minimum Gasteiger partial charge on any atom is -0.497 e. The Morgan fingerprint density at radius 2 is 1.96 bits per heavy atom. The molecule has 2 aromatic rings. The van der Waals surface area contributed by atoms with Crippen LogP contribution in [0.2, 0.25) is 0 Å². The zero-order chi connectivity index (χ0) is 17.1. The van der Waals surface area contributed by atoms with Gasteiger partial charge in [0.05, 0.1) is 19.3 Å². The van der Waals surface area contributed by atoms with Crippen molar-refractivity contribution in [2.45, 2.75) is 51.6 Å². The Balaban J connectivity index is 1.60. The maximum atomic E-state index is 12.7. The van der Waals surface area contributed by atoms with E-state index in [9.17, 15) is 4.79 Å². The summed E-state index contributed by atoms with van der Waals surface area (Å²) in [6, 6.07) is 10.5. The third kappa shape index (κ3) is 3.30. The first-order chi connectivity index (χ1) is 11.6. The minimum atomic E-state index is 0.185. The van der Waals surface area contributed by atoms with Crippen molar-refractivity contribution in [3.8, 4) is 5.75 Å². The van der Waals surface area contributed by atoms with Gasteiger partial charge in [-0.1, -0.05) is 12.1 Å². The fourth-order valence-electron chi connectivity index (χ4n) is 3.49. The predicted octanol–water partition coefficient (Wildman–Crippen LogP) is 3.60. The average molecular weight is 327 g/mol. The summed E-state index contributed by atoms with van der Waals surface area (Å²) in [6.07, 6.45) is 5.02. The van der Waals surface area contributed by atoms with Gasteiger partial charge >= 0.3 is 0 Å². The van der Waals surface area contributed by atoms with E-state index in [-0.39, 0.29) is 11.9 Å². The number of hydrogen-bond donors (Lipinski definition) is 0. The molecule has 0 fully saturated rings. The van der Waals surface area contributed by atoms with Gasteiger partial charge in [-0.25, -0.2) is 4.68 Å². The van der Waals surface area contributed by atoms with Gasteiger partial charge in [0.2, 0.25) is 5.91 Å². The third-order valence-corrected chi connectivity index (χ3v) is 4.72. The molecule has 5 nitrogen and oxygen atoms in total. The molecule has 0 saturated carbocycles. The van der Waals surface area contributed by atoms with Crippen LogP contribution >= 0.6 is 0 Å². The summed E-state index contributed by atoms with van der Waals surface area (Å²) >= 11 is 0. The van der Waals surface area contributed by atoms with E-state index in [2.05, 4.69) is 31.1 Å². The molecule has 2 heterocycles. The minimum absolute atomic E-state index is 0.185. The molecule has 0 N–H and O–H groups in total. The van der Waals surface area contributed by atoms with Gasteiger partial charge in [0.1, 0.15) is 11.6 Å². The van der Waals surface area contributed by atoms with Crippen LogP contribution in [-0.2, 0) is 11.2 Å². The van der Waals surface area contributed by atoms with Crippen LogP contribution in [0.25, 0.3) is 0 Å². The molecular formula is C19H25N3O2. The van der Waals surface area contributed by atoms with Crippen molar-refractivity contribution in [2.75, 3.05) is 12.0 Å². The molecule has 1 amide bonds. The Bertz CT molecular complexity index is 693. The lowest BCUT2D eigenvalue weighted by molar-refractivity contribution is -0.119. The SMILES string of the molecule is COc1ccc(CCCC(=O)N2c3ccnn3[C@@H](C)C[C@@H]2C)cc1. The molecule has 1 aliphatic rings. The molecule has 0 saturated heterocycles. The molecule has 2 atom stereocenters. The first kappa shape index (κ1) is 16.6. The maximum absolute atomic E-state index is 12.7. The molecule has 1 aromatic carbocycles. The number of ether oxygens (including phenoxy) is 1. The fraction of sp³-hybridized carbons (Fsp3) is 0.474. The van der Waals surface area contributed by atoms with Gasteiger partial charge in [-0.05, 0) is 50.8 Å². The highest BCUT2D eigenvalue weighted by Crippen LogP contribution is 2.31. The molecule has 1 aromatic heterocycles. The van der Waals surface area contributed by atoms with Crippen LogP contribution < -0.4 is 9.64 Å². The maximum Gasteiger partial charge on any atom is 0.228 e. The second-order valence-electron chi connectivity index (χ2n) is 6.53. The molecule has 0 unspecified atom stereocenters. The highest BCUT2D eigenvalue weighted by molar-refractivity contribution is 5.93. The van der Waals surface area contributed by atoms with Crippen molar-refractivity contribution < 1.29 is 9.53 Å². The topological polar surface area (TPSA) is 47.4 Å². The molecule has 1 aliphatic heterocycles. The van der Waals surface area contributed by atoms with Crippen molar-refractivity contribution >= 4 is 11.7 Å². The second-order valence-corrected chi connectivity index (χ2v) is 6.53. The zero-order valence-electron chi connectivity index (χ0n) is 14.6. The number of nitrogens with zero attached hydrogens (tertiary/aromatic N) is 3. The van der Waals surface area contributed by atoms with Gasteiger partial charge in [0, 0.05) is 18.5 Å². The van der Waals surface area contributed by atoms with E-state index < -0.39 is 0 Å². The van der Waals surface area contributed by atoms with Crippen LogP contribution in [0.15, 0.2) is 36.5 Å². The Kier molecular flexibility index (Phi) is 4.88. The van der Waals surface area contributed by atoms with Gasteiger partial charge in [-0.15, -0.1) is 0 Å². The summed E-state index contributed by atoms with van der Waals surface area (Å²) in [5.41, 5.74) is 1.23. The number of hydrogen-bond acceptors (Lipinski definition) is 3. The van der Waals surface area contributed by atoms with E-state index in [1.54, 1.807) is 13.3 Å². The summed E-state index contributed by atoms with van der Waals surface area (Å²) in [5, 5.41) is 4.36. The largest absolute Gasteiger partial charge is 0.497 e. The third-order valence-electron chi connectivity index (χ3n) is 4.72. The summed E-state index contributed by atoms with van der Waals surface area (Å²) in [4.78, 5) is 14.6. The summed E-state index contributed by atoms with van der Waals surface area (Å²) < 4.78 is 7.13. The number of anilines is 1. The number of aromatic nitrogens is 2. The normalized spacial score (nSPS) is 19.9. The number of amides is 1. The first-order valence-electron chi connectivity index (χ1n) is 8.58. The van der Waals surface area contributed by atoms with E-state index in [1.807, 2.05) is 27.8 Å². The van der Waals surface area contributed by atoms with Gasteiger partial charge in [0.15, 0.2) is 0 Å². The van der Waals surface area contributed by atoms with Crippen molar-refractivity contribution in [3.63, 3.8) is 0 Å². The number of methoxy groups -OCH3 is 1. The smallest absolute Gasteiger partial charge is 0.228 e. The molecule has 0 radical (unpaired) electrons. The van der Waals surface area contributed by atoms with Gasteiger partial charge in [0.25, 0.3) is 0 Å². The van der Waals surface area contributed by atoms with Crippen LogP contribution in [0.5, 0.6) is 5.75 Å². The number of benzene rings is 1. The number of carbonyl (C=O) groups is 1. The van der Waals surface area contributed by atoms with E-state index >= 15 is 0 Å². The van der Waals surface area contributed by atoms with Crippen molar-refractivity contribution in [1.82, 2.24) is 9.78 Å². The first-order valence-corrected chi connectivity index (χ1v) is 8.58. The Morgan fingerprint density at radius 1 is 1.21 bits per heavy atom. The molecule has 128 valence electrons. The zero-order valence-corrected chi connectivity index (χ0v) is 14.6. The fourth-order valence-corrected chi connectivity index (χ4v) is 3.49. The van der Waals surface area contributed by atoms with Crippen molar-refractivity contribution in [2.24, 2.45) is 0 Å². The number of fused-ring (bicyclic) bond motifs is 1. The van der Waals surface area contributed by atoms with E-state index in [4.69, 9.17) is 4.74 Å². The van der Waals surface area contributed by atoms with Crippen LogP contribution in [-0.4, -0.2) is 28.8 Å². The quantitative estimate of drug-likeness (QED) is 0.843. The van der Waals surface area contributed by atoms with Crippen LogP contribution in [0.3, 0.4) is 0 Å². The molecular weight excluding hydrogens is 302 g/mol. The number of aryl methyl sites for hydroxylation is 1. The van der Waals surface area contributed by atoms with E-state index in [0.29, 0.717) is 12.5 Å². The van der Waals surface area contributed by atoms with Crippen molar-refractivity contribution in [1.29, 1.82) is 0 Å². The molecule has 24 heavy (non-hydrogen) atoms. The van der Waals surface area contributed by atoms with Gasteiger partial charge < -0.3 is 4.74 Å². The lowest BCUT2D eigenvalue weighted by Gasteiger charge is -2.37. The Labute approximate surface area is 143 Å². The lowest BCUT2D eigenvalue weighted by Crippen LogP contribution is -2.44. The van der Waals surface area contributed by atoms with E-state index in [1.165, 1.54) is 5.56 Å². The van der Waals surface area contributed by atoms with Crippen LogP contribution in [0.4, 0.5) is 5.82 Å². The summed E-state index contributed by atoms with van der Waals surface area (Å²) in [6.45, 7) is 4.27. The Hall–Kier alpha value is -2.30. The summed E-state index contributed by atoms with van der Waals surface area (Å²) in [5.74, 6) is 1.97. The molecule has 5 heteroatoms. The second kappa shape index (κ2) is 7.07.